The topological polar surface area (TPSA) is 49.4 Å². The van der Waals surface area contributed by atoms with Crippen molar-refractivity contribution in [2.75, 3.05) is 17.3 Å². The van der Waals surface area contributed by atoms with E-state index in [9.17, 15) is 14.0 Å². The fraction of sp³-hybridized carbons (Fsp3) is 0.167. The molecular formula is C24H16Cl5FN2O2. The molecule has 1 saturated carbocycles. The molecule has 0 spiro atoms. The molecule has 0 unspecified atom stereocenters. The highest BCUT2D eigenvalue weighted by Crippen LogP contribution is 2.65. The smallest absolute Gasteiger partial charge is 0.257 e. The average molecular weight is 561 g/mol. The number of halogens is 6. The van der Waals surface area contributed by atoms with Crippen molar-refractivity contribution in [3.63, 3.8) is 0 Å². The van der Waals surface area contributed by atoms with Gasteiger partial charge < -0.3 is 10.2 Å². The lowest BCUT2D eigenvalue weighted by molar-refractivity contribution is -0.119. The molecule has 1 aliphatic rings. The van der Waals surface area contributed by atoms with Crippen molar-refractivity contribution in [1.82, 2.24) is 0 Å². The van der Waals surface area contributed by atoms with Crippen molar-refractivity contribution in [3.8, 4) is 0 Å². The average Bonchev–Trinajstić information content (AvgIpc) is 3.35. The zero-order chi connectivity index (χ0) is 24.8. The Morgan fingerprint density at radius 1 is 0.941 bits per heavy atom. The third kappa shape index (κ3) is 5.00. The van der Waals surface area contributed by atoms with Gasteiger partial charge in [-0.3, -0.25) is 9.59 Å². The number of nitrogens with one attached hydrogen (secondary N) is 1. The van der Waals surface area contributed by atoms with Gasteiger partial charge in [0.1, 0.15) is 10.2 Å². The molecule has 3 aromatic rings. The van der Waals surface area contributed by atoms with Gasteiger partial charge in [-0.25, -0.2) is 4.39 Å². The van der Waals surface area contributed by atoms with Crippen molar-refractivity contribution in [3.05, 3.63) is 92.7 Å². The third-order valence-corrected chi connectivity index (χ3v) is 7.28. The zero-order valence-electron chi connectivity index (χ0n) is 17.5. The van der Waals surface area contributed by atoms with Crippen molar-refractivity contribution >= 4 is 81.2 Å². The normalized spacial score (nSPS) is 18.3. The Kier molecular flexibility index (Phi) is 7.05. The molecule has 1 fully saturated rings. The van der Waals surface area contributed by atoms with E-state index in [0.29, 0.717) is 27.0 Å². The highest BCUT2D eigenvalue weighted by Gasteiger charge is 2.68. The van der Waals surface area contributed by atoms with Gasteiger partial charge in [0.25, 0.3) is 5.91 Å². The van der Waals surface area contributed by atoms with Crippen LogP contribution >= 0.6 is 58.0 Å². The van der Waals surface area contributed by atoms with Gasteiger partial charge in [0.2, 0.25) is 5.91 Å². The minimum atomic E-state index is -1.34. The number of alkyl halides is 2. The molecule has 0 radical (unpaired) electrons. The maximum atomic E-state index is 13.3. The first-order chi connectivity index (χ1) is 16.0. The van der Waals surface area contributed by atoms with E-state index in [1.807, 2.05) is 0 Å². The van der Waals surface area contributed by atoms with Crippen LogP contribution in [0, 0.1) is 11.7 Å². The Bertz CT molecular complexity index is 1260. The molecule has 176 valence electrons. The molecule has 10 heteroatoms. The van der Waals surface area contributed by atoms with Crippen LogP contribution in [0.1, 0.15) is 21.8 Å². The van der Waals surface area contributed by atoms with Crippen LogP contribution in [0.3, 0.4) is 0 Å². The number of hydrogen-bond donors (Lipinski definition) is 1. The lowest BCUT2D eigenvalue weighted by Gasteiger charge is -2.19. The van der Waals surface area contributed by atoms with E-state index in [1.165, 1.54) is 41.3 Å². The lowest BCUT2D eigenvalue weighted by atomic mass is 10.1. The molecule has 0 aromatic heterocycles. The van der Waals surface area contributed by atoms with E-state index in [0.717, 1.165) is 0 Å². The summed E-state index contributed by atoms with van der Waals surface area (Å²) in [5, 5.41) is 3.65. The van der Waals surface area contributed by atoms with Crippen molar-refractivity contribution < 1.29 is 14.0 Å². The standard InChI is InChI=1S/C24H16Cl5FN2O2/c1-32(23(34)21-20(24(21,28)29)12-8-13(25)10-14(26)9-12)17-6-7-19(27)18(11-17)22(33)31-16-4-2-15(30)3-5-16/h2-11,20-21H,1H3,(H,31,33)/t20-,21+/m1/s1. The second-order valence-electron chi connectivity index (χ2n) is 7.86. The molecule has 0 heterocycles. The van der Waals surface area contributed by atoms with Crippen molar-refractivity contribution in [1.29, 1.82) is 0 Å². The lowest BCUT2D eigenvalue weighted by Crippen LogP contribution is -2.30. The first kappa shape index (κ1) is 25.1. The van der Waals surface area contributed by atoms with E-state index >= 15 is 0 Å². The van der Waals surface area contributed by atoms with Crippen LogP contribution in [0.15, 0.2) is 60.7 Å². The van der Waals surface area contributed by atoms with Gasteiger partial charge in [-0.15, -0.1) is 23.2 Å². The Hall–Kier alpha value is -2.02. The Morgan fingerprint density at radius 3 is 2.18 bits per heavy atom. The monoisotopic (exact) mass is 558 g/mol. The van der Waals surface area contributed by atoms with Crippen molar-refractivity contribution in [2.24, 2.45) is 5.92 Å². The molecule has 34 heavy (non-hydrogen) atoms. The number of benzene rings is 3. The first-order valence-corrected chi connectivity index (χ1v) is 11.9. The van der Waals surface area contributed by atoms with Crippen LogP contribution in [-0.4, -0.2) is 23.2 Å². The summed E-state index contributed by atoms with van der Waals surface area (Å²) in [7, 11) is 1.55. The van der Waals surface area contributed by atoms with E-state index in [-0.39, 0.29) is 16.5 Å². The van der Waals surface area contributed by atoms with E-state index in [4.69, 9.17) is 58.0 Å². The summed E-state index contributed by atoms with van der Waals surface area (Å²) in [6, 6.07) is 14.8. The molecule has 0 bridgehead atoms. The van der Waals surface area contributed by atoms with Crippen LogP contribution in [0.25, 0.3) is 0 Å². The van der Waals surface area contributed by atoms with E-state index < -0.39 is 27.9 Å². The molecule has 4 nitrogen and oxygen atoms in total. The summed E-state index contributed by atoms with van der Waals surface area (Å²) < 4.78 is 11.8. The number of carbonyl (C=O) groups is 2. The van der Waals surface area contributed by atoms with E-state index in [1.54, 1.807) is 31.3 Å². The van der Waals surface area contributed by atoms with Gasteiger partial charge in [-0.05, 0) is 66.2 Å². The molecular weight excluding hydrogens is 545 g/mol. The largest absolute Gasteiger partial charge is 0.322 e. The fourth-order valence-corrected chi connectivity index (χ4v) is 5.33. The number of carbonyl (C=O) groups excluding carboxylic acids is 2. The maximum Gasteiger partial charge on any atom is 0.257 e. The zero-order valence-corrected chi connectivity index (χ0v) is 21.2. The van der Waals surface area contributed by atoms with Gasteiger partial charge in [0, 0.05) is 34.4 Å². The molecule has 0 aliphatic heterocycles. The SMILES string of the molecule is CN(C(=O)[C@@H]1[C@@H](c2cc(Cl)cc(Cl)c2)C1(Cl)Cl)c1ccc(Cl)c(C(=O)Nc2ccc(F)cc2)c1. The van der Waals surface area contributed by atoms with Gasteiger partial charge in [0.05, 0.1) is 16.5 Å². The molecule has 1 N–H and O–H groups in total. The van der Waals surface area contributed by atoms with Crippen LogP contribution in [0.2, 0.25) is 15.1 Å². The summed E-state index contributed by atoms with van der Waals surface area (Å²) in [6.45, 7) is 0. The summed E-state index contributed by atoms with van der Waals surface area (Å²) in [4.78, 5) is 27.4. The highest BCUT2D eigenvalue weighted by molar-refractivity contribution is 6.53. The van der Waals surface area contributed by atoms with Crippen LogP contribution in [0.4, 0.5) is 15.8 Å². The Balaban J connectivity index is 1.56. The third-order valence-electron chi connectivity index (χ3n) is 5.58. The number of rotatable bonds is 5. The summed E-state index contributed by atoms with van der Waals surface area (Å²) in [6.07, 6.45) is 0. The summed E-state index contributed by atoms with van der Waals surface area (Å²) >= 11 is 31.3. The number of amides is 2. The van der Waals surface area contributed by atoms with Gasteiger partial charge in [-0.1, -0.05) is 34.8 Å². The quantitative estimate of drug-likeness (QED) is 0.327. The molecule has 2 atom stereocenters. The second-order valence-corrected chi connectivity index (χ2v) is 10.6. The summed E-state index contributed by atoms with van der Waals surface area (Å²) in [5.41, 5.74) is 1.61. The number of anilines is 2. The molecule has 1 aliphatic carbocycles. The van der Waals surface area contributed by atoms with Gasteiger partial charge >= 0.3 is 0 Å². The first-order valence-electron chi connectivity index (χ1n) is 9.97. The molecule has 0 saturated heterocycles. The maximum absolute atomic E-state index is 13.3. The van der Waals surface area contributed by atoms with Crippen LogP contribution in [0.5, 0.6) is 0 Å². The minimum Gasteiger partial charge on any atom is -0.322 e. The summed E-state index contributed by atoms with van der Waals surface area (Å²) in [5.74, 6) is -2.54. The molecule has 4 rings (SSSR count). The minimum absolute atomic E-state index is 0.139. The predicted octanol–water partition coefficient (Wildman–Crippen LogP) is 7.59. The second kappa shape index (κ2) is 9.56. The Labute approximate surface area is 220 Å². The fourth-order valence-electron chi connectivity index (χ4n) is 3.77. The van der Waals surface area contributed by atoms with Crippen molar-refractivity contribution in [2.45, 2.75) is 10.3 Å². The number of hydrogen-bond acceptors (Lipinski definition) is 2. The van der Waals surface area contributed by atoms with Gasteiger partial charge in [-0.2, -0.15) is 0 Å². The van der Waals surface area contributed by atoms with E-state index in [2.05, 4.69) is 5.32 Å². The van der Waals surface area contributed by atoms with Gasteiger partial charge in [0.15, 0.2) is 0 Å². The predicted molar refractivity (Wildman–Crippen MR) is 136 cm³/mol. The Morgan fingerprint density at radius 2 is 1.56 bits per heavy atom. The molecule has 2 amide bonds. The van der Waals surface area contributed by atoms with Crippen LogP contribution < -0.4 is 10.2 Å². The molecule has 3 aromatic carbocycles. The number of nitrogens with zero attached hydrogens (tertiary/aromatic N) is 1. The van der Waals surface area contributed by atoms with Crippen LogP contribution in [-0.2, 0) is 4.79 Å². The highest BCUT2D eigenvalue weighted by atomic mass is 35.5.